The maximum atomic E-state index is 12.3. The van der Waals surface area contributed by atoms with E-state index < -0.39 is 5.60 Å². The van der Waals surface area contributed by atoms with Crippen molar-refractivity contribution in [2.24, 2.45) is 5.41 Å². The van der Waals surface area contributed by atoms with Crippen molar-refractivity contribution in [1.29, 1.82) is 0 Å². The molecule has 2 bridgehead atoms. The Bertz CT molecular complexity index is 662. The minimum atomic E-state index is -0.491. The van der Waals surface area contributed by atoms with Gasteiger partial charge in [0.05, 0.1) is 0 Å². The Kier molecular flexibility index (Phi) is 4.86. The van der Waals surface area contributed by atoms with Gasteiger partial charge in [-0.1, -0.05) is 30.3 Å². The number of amides is 2. The van der Waals surface area contributed by atoms with Crippen LogP contribution in [0.4, 0.5) is 9.59 Å². The van der Waals surface area contributed by atoms with Crippen LogP contribution in [0.5, 0.6) is 0 Å². The van der Waals surface area contributed by atoms with Crippen LogP contribution in [0.25, 0.3) is 0 Å². The Morgan fingerprint density at radius 3 is 2.50 bits per heavy atom. The van der Waals surface area contributed by atoms with Crippen molar-refractivity contribution in [3.05, 3.63) is 35.9 Å². The van der Waals surface area contributed by atoms with Crippen LogP contribution in [-0.4, -0.2) is 53.8 Å². The molecular formula is C20H28N2O4. The quantitative estimate of drug-likeness (QED) is 0.822. The molecule has 0 atom stereocenters. The van der Waals surface area contributed by atoms with E-state index >= 15 is 0 Å². The molecule has 3 fully saturated rings. The zero-order valence-corrected chi connectivity index (χ0v) is 16.0. The number of fused-ring (bicyclic) bond motifs is 1. The van der Waals surface area contributed by atoms with E-state index in [0.717, 1.165) is 18.4 Å². The highest BCUT2D eigenvalue weighted by atomic mass is 16.6. The third-order valence-corrected chi connectivity index (χ3v) is 5.00. The van der Waals surface area contributed by atoms with Gasteiger partial charge in [-0.25, -0.2) is 9.59 Å². The molecule has 0 spiro atoms. The largest absolute Gasteiger partial charge is 0.445 e. The van der Waals surface area contributed by atoms with Crippen LogP contribution in [0.1, 0.15) is 39.2 Å². The first kappa shape index (κ1) is 18.5. The van der Waals surface area contributed by atoms with Gasteiger partial charge in [0.2, 0.25) is 0 Å². The van der Waals surface area contributed by atoms with E-state index in [-0.39, 0.29) is 30.3 Å². The van der Waals surface area contributed by atoms with Gasteiger partial charge in [-0.05, 0) is 39.2 Å². The van der Waals surface area contributed by atoms with Gasteiger partial charge in [-0.2, -0.15) is 0 Å². The van der Waals surface area contributed by atoms with E-state index in [0.29, 0.717) is 13.1 Å². The molecule has 4 rings (SSSR count). The molecule has 0 aromatic heterocycles. The molecule has 1 aliphatic carbocycles. The van der Waals surface area contributed by atoms with Crippen LogP contribution in [0, 0.1) is 5.41 Å². The number of rotatable bonds is 4. The Hall–Kier alpha value is -2.24. The van der Waals surface area contributed by atoms with E-state index in [1.54, 1.807) is 11.9 Å². The average Bonchev–Trinajstić information content (AvgIpc) is 3.07. The molecule has 3 aliphatic rings. The summed E-state index contributed by atoms with van der Waals surface area (Å²) in [7, 11) is 1.76. The zero-order chi connectivity index (χ0) is 18.9. The van der Waals surface area contributed by atoms with Crippen LogP contribution >= 0.6 is 0 Å². The Balaban J connectivity index is 1.49. The van der Waals surface area contributed by atoms with Gasteiger partial charge < -0.3 is 19.3 Å². The lowest BCUT2D eigenvalue weighted by molar-refractivity contribution is 0.0241. The molecule has 0 unspecified atom stereocenters. The zero-order valence-electron chi connectivity index (χ0n) is 16.0. The van der Waals surface area contributed by atoms with Crippen molar-refractivity contribution in [3.63, 3.8) is 0 Å². The van der Waals surface area contributed by atoms with Crippen molar-refractivity contribution in [1.82, 2.24) is 9.80 Å². The Morgan fingerprint density at radius 1 is 1.23 bits per heavy atom. The van der Waals surface area contributed by atoms with Crippen LogP contribution in [0.3, 0.4) is 0 Å². The van der Waals surface area contributed by atoms with Crippen LogP contribution in [0.2, 0.25) is 0 Å². The molecule has 2 amide bonds. The van der Waals surface area contributed by atoms with Gasteiger partial charge in [0.25, 0.3) is 0 Å². The second-order valence-corrected chi connectivity index (χ2v) is 8.57. The van der Waals surface area contributed by atoms with Crippen LogP contribution in [-0.2, 0) is 16.1 Å². The third-order valence-electron chi connectivity index (χ3n) is 5.00. The smallest absolute Gasteiger partial charge is 0.410 e. The van der Waals surface area contributed by atoms with E-state index in [9.17, 15) is 9.59 Å². The lowest BCUT2D eigenvalue weighted by atomic mass is 9.70. The number of carbonyl (C=O) groups is 2. The molecule has 2 aliphatic heterocycles. The fraction of sp³-hybridized carbons (Fsp3) is 0.600. The number of nitrogens with zero attached hydrogens (tertiary/aromatic N) is 2. The van der Waals surface area contributed by atoms with E-state index in [1.165, 1.54) is 0 Å². The lowest BCUT2D eigenvalue weighted by Gasteiger charge is -2.39. The first-order chi connectivity index (χ1) is 12.2. The number of carbonyl (C=O) groups excluding carboxylic acids is 2. The summed E-state index contributed by atoms with van der Waals surface area (Å²) < 4.78 is 10.9. The molecule has 6 heteroatoms. The van der Waals surface area contributed by atoms with E-state index in [4.69, 9.17) is 9.47 Å². The normalized spacial score (nSPS) is 24.0. The third kappa shape index (κ3) is 4.11. The molecule has 6 nitrogen and oxygen atoms in total. The van der Waals surface area contributed by atoms with Crippen molar-refractivity contribution in [2.75, 3.05) is 20.1 Å². The first-order valence-corrected chi connectivity index (χ1v) is 9.09. The number of hydrogen-bond donors (Lipinski definition) is 0. The minimum absolute atomic E-state index is 0.0257. The fourth-order valence-electron chi connectivity index (χ4n) is 3.89. The molecule has 2 heterocycles. The first-order valence-electron chi connectivity index (χ1n) is 9.09. The fourth-order valence-corrected chi connectivity index (χ4v) is 3.89. The summed E-state index contributed by atoms with van der Waals surface area (Å²) in [4.78, 5) is 28.0. The Morgan fingerprint density at radius 2 is 1.88 bits per heavy atom. The number of ether oxygens (including phenoxy) is 2. The molecule has 1 aromatic rings. The highest BCUT2D eigenvalue weighted by Crippen LogP contribution is 2.52. The summed E-state index contributed by atoms with van der Waals surface area (Å²) in [5.41, 5.74) is 0.449. The molecule has 1 saturated carbocycles. The monoisotopic (exact) mass is 360 g/mol. The summed E-state index contributed by atoms with van der Waals surface area (Å²) in [6.07, 6.45) is 1.25. The molecule has 142 valence electrons. The predicted molar refractivity (Wildman–Crippen MR) is 97.7 cm³/mol. The van der Waals surface area contributed by atoms with Gasteiger partial charge in [0.1, 0.15) is 12.2 Å². The van der Waals surface area contributed by atoms with E-state index in [2.05, 4.69) is 0 Å². The maximum Gasteiger partial charge on any atom is 0.410 e. The molecule has 0 radical (unpaired) electrons. The summed E-state index contributed by atoms with van der Waals surface area (Å²) in [6, 6.07) is 9.86. The molecular weight excluding hydrogens is 332 g/mol. The Labute approximate surface area is 155 Å². The molecule has 2 saturated heterocycles. The van der Waals surface area contributed by atoms with Gasteiger partial charge in [-0.3, -0.25) is 0 Å². The van der Waals surface area contributed by atoms with Crippen LogP contribution in [0.15, 0.2) is 30.3 Å². The lowest BCUT2D eigenvalue weighted by Crippen LogP contribution is -2.45. The van der Waals surface area contributed by atoms with Gasteiger partial charge in [0, 0.05) is 31.6 Å². The SMILES string of the molecule is CN(CC12CC(C1)N(C(=O)OC(C)(C)C)C2)C(=O)OCc1ccccc1. The van der Waals surface area contributed by atoms with Gasteiger partial charge >= 0.3 is 12.2 Å². The average molecular weight is 360 g/mol. The molecule has 26 heavy (non-hydrogen) atoms. The van der Waals surface area contributed by atoms with Crippen molar-refractivity contribution < 1.29 is 19.1 Å². The van der Waals surface area contributed by atoms with E-state index in [1.807, 2.05) is 56.0 Å². The second kappa shape index (κ2) is 6.82. The standard InChI is InChI=1S/C20H28N2O4/c1-19(2,3)26-18(24)22-14-20(10-16(22)11-20)13-21(4)17(23)25-12-15-8-6-5-7-9-15/h5-9,16H,10-14H2,1-4H3. The minimum Gasteiger partial charge on any atom is -0.445 e. The predicted octanol–water partition coefficient (Wildman–Crippen LogP) is 3.65. The number of hydrogen-bond acceptors (Lipinski definition) is 4. The summed E-state index contributed by atoms with van der Waals surface area (Å²) >= 11 is 0. The molecule has 0 N–H and O–H groups in total. The van der Waals surface area contributed by atoms with Crippen molar-refractivity contribution in [2.45, 2.75) is 51.9 Å². The highest BCUT2D eigenvalue weighted by Gasteiger charge is 2.58. The summed E-state index contributed by atoms with van der Waals surface area (Å²) in [6.45, 7) is 7.12. The molecule has 1 aromatic carbocycles. The summed E-state index contributed by atoms with van der Waals surface area (Å²) in [5, 5.41) is 0. The van der Waals surface area contributed by atoms with Crippen LogP contribution < -0.4 is 0 Å². The number of benzene rings is 1. The van der Waals surface area contributed by atoms with Crippen molar-refractivity contribution in [3.8, 4) is 0 Å². The van der Waals surface area contributed by atoms with Gasteiger partial charge in [0.15, 0.2) is 0 Å². The highest BCUT2D eigenvalue weighted by molar-refractivity contribution is 5.70. The maximum absolute atomic E-state index is 12.3. The second-order valence-electron chi connectivity index (χ2n) is 8.57. The summed E-state index contributed by atoms with van der Waals surface area (Å²) in [5.74, 6) is 0. The van der Waals surface area contributed by atoms with Gasteiger partial charge in [-0.15, -0.1) is 0 Å². The van der Waals surface area contributed by atoms with Crippen molar-refractivity contribution >= 4 is 12.2 Å². The topological polar surface area (TPSA) is 59.1 Å².